The number of aromatic nitrogens is 1. The Morgan fingerprint density at radius 3 is 2.38 bits per heavy atom. The molecule has 150 valence electrons. The van der Waals surface area contributed by atoms with Crippen LogP contribution < -0.4 is 4.90 Å². The zero-order chi connectivity index (χ0) is 20.5. The van der Waals surface area contributed by atoms with Gasteiger partial charge in [-0.3, -0.25) is 19.3 Å². The average molecular weight is 392 g/mol. The molecule has 3 heterocycles. The molecule has 0 aliphatic carbocycles. The zero-order valence-corrected chi connectivity index (χ0v) is 16.7. The van der Waals surface area contributed by atoms with Crippen molar-refractivity contribution in [2.75, 3.05) is 37.6 Å². The largest absolute Gasteiger partial charge is 0.353 e. The number of fused-ring (bicyclic) bond motifs is 1. The van der Waals surface area contributed by atoms with Gasteiger partial charge in [0.2, 0.25) is 0 Å². The lowest BCUT2D eigenvalue weighted by Crippen LogP contribution is -2.49. The van der Waals surface area contributed by atoms with Crippen LogP contribution in [0.2, 0.25) is 0 Å². The maximum atomic E-state index is 13.0. The van der Waals surface area contributed by atoms with Gasteiger partial charge in [-0.2, -0.15) is 0 Å². The number of anilines is 1. The Bertz CT molecular complexity index is 950. The van der Waals surface area contributed by atoms with Gasteiger partial charge >= 0.3 is 0 Å². The number of hydrogen-bond donors (Lipinski definition) is 0. The molecule has 4 rings (SSSR count). The highest BCUT2D eigenvalue weighted by atomic mass is 16.2. The van der Waals surface area contributed by atoms with Crippen LogP contribution in [-0.4, -0.2) is 65.2 Å². The van der Waals surface area contributed by atoms with Gasteiger partial charge in [0.25, 0.3) is 17.7 Å². The Balaban J connectivity index is 1.47. The van der Waals surface area contributed by atoms with Crippen molar-refractivity contribution in [2.45, 2.75) is 13.8 Å². The van der Waals surface area contributed by atoms with E-state index in [2.05, 4.69) is 9.88 Å². The number of nitrogens with zero attached hydrogens (tertiary/aromatic N) is 4. The van der Waals surface area contributed by atoms with Crippen molar-refractivity contribution in [1.82, 2.24) is 14.8 Å². The first-order valence-corrected chi connectivity index (χ1v) is 9.91. The summed E-state index contributed by atoms with van der Waals surface area (Å²) in [6, 6.07) is 10.6. The first-order chi connectivity index (χ1) is 14.0. The second kappa shape index (κ2) is 7.66. The summed E-state index contributed by atoms with van der Waals surface area (Å²) in [5, 5.41) is 0. The molecular formula is C22H24N4O3. The molecule has 2 aromatic rings. The van der Waals surface area contributed by atoms with E-state index >= 15 is 0 Å². The van der Waals surface area contributed by atoms with E-state index < -0.39 is 0 Å². The topological polar surface area (TPSA) is 73.8 Å². The third kappa shape index (κ3) is 3.60. The van der Waals surface area contributed by atoms with E-state index in [0.717, 1.165) is 5.82 Å². The first-order valence-electron chi connectivity index (χ1n) is 9.91. The lowest BCUT2D eigenvalue weighted by molar-refractivity contribution is 0.0635. The lowest BCUT2D eigenvalue weighted by Gasteiger charge is -2.35. The lowest BCUT2D eigenvalue weighted by atomic mass is 10.0. The monoisotopic (exact) mass is 392 g/mol. The summed E-state index contributed by atoms with van der Waals surface area (Å²) in [7, 11) is 0. The maximum Gasteiger partial charge on any atom is 0.261 e. The van der Waals surface area contributed by atoms with Gasteiger partial charge in [-0.05, 0) is 36.2 Å². The van der Waals surface area contributed by atoms with E-state index in [4.69, 9.17) is 0 Å². The number of rotatable bonds is 4. The maximum absolute atomic E-state index is 13.0. The minimum absolute atomic E-state index is 0.115. The summed E-state index contributed by atoms with van der Waals surface area (Å²) >= 11 is 0. The Kier molecular flexibility index (Phi) is 5.05. The molecule has 1 aromatic heterocycles. The van der Waals surface area contributed by atoms with Gasteiger partial charge in [0.05, 0.1) is 11.1 Å². The number of pyridine rings is 1. The summed E-state index contributed by atoms with van der Waals surface area (Å²) in [4.78, 5) is 47.7. The first kappa shape index (κ1) is 19.1. The van der Waals surface area contributed by atoms with Crippen LogP contribution in [0, 0.1) is 5.92 Å². The van der Waals surface area contributed by atoms with Gasteiger partial charge in [0.15, 0.2) is 0 Å². The number of carbonyl (C=O) groups excluding carboxylic acids is 3. The number of imide groups is 1. The number of benzene rings is 1. The molecule has 7 nitrogen and oxygen atoms in total. The fourth-order valence-electron chi connectivity index (χ4n) is 3.82. The summed E-state index contributed by atoms with van der Waals surface area (Å²) in [5.74, 6) is 0.395. The Morgan fingerprint density at radius 1 is 1.00 bits per heavy atom. The summed E-state index contributed by atoms with van der Waals surface area (Å²) < 4.78 is 0. The molecule has 0 N–H and O–H groups in total. The fourth-order valence-corrected chi connectivity index (χ4v) is 3.82. The minimum atomic E-state index is -0.312. The smallest absolute Gasteiger partial charge is 0.261 e. The molecule has 0 bridgehead atoms. The predicted octanol–water partition coefficient (Wildman–Crippen LogP) is 2.30. The average Bonchev–Trinajstić information content (AvgIpc) is 2.98. The minimum Gasteiger partial charge on any atom is -0.353 e. The molecule has 1 saturated heterocycles. The van der Waals surface area contributed by atoms with Crippen molar-refractivity contribution in [1.29, 1.82) is 0 Å². The molecule has 2 aliphatic heterocycles. The standard InChI is InChI=1S/C22H24N4O3/c1-15(2)14-26-21(28)17-7-6-16(13-18(17)22(26)29)20(27)25-11-9-24(10-12-25)19-5-3-4-8-23-19/h3-8,13,15H,9-12,14H2,1-2H3. The van der Waals surface area contributed by atoms with E-state index in [-0.39, 0.29) is 23.6 Å². The molecule has 0 saturated carbocycles. The Labute approximate surface area is 169 Å². The molecule has 2 aliphatic rings. The third-order valence-corrected chi connectivity index (χ3v) is 5.31. The molecule has 7 heteroatoms. The van der Waals surface area contributed by atoms with Gasteiger partial charge in [-0.15, -0.1) is 0 Å². The quantitative estimate of drug-likeness (QED) is 0.747. The van der Waals surface area contributed by atoms with Crippen molar-refractivity contribution in [3.05, 3.63) is 59.3 Å². The van der Waals surface area contributed by atoms with Gasteiger partial charge in [-0.25, -0.2) is 4.98 Å². The highest BCUT2D eigenvalue weighted by Crippen LogP contribution is 2.25. The Hall–Kier alpha value is -3.22. The third-order valence-electron chi connectivity index (χ3n) is 5.31. The SMILES string of the molecule is CC(C)CN1C(=O)c2ccc(C(=O)N3CCN(c4ccccn4)CC3)cc2C1=O. The van der Waals surface area contributed by atoms with Crippen LogP contribution in [0.1, 0.15) is 44.9 Å². The van der Waals surface area contributed by atoms with Crippen LogP contribution in [0.3, 0.4) is 0 Å². The fraction of sp³-hybridized carbons (Fsp3) is 0.364. The molecular weight excluding hydrogens is 368 g/mol. The van der Waals surface area contributed by atoms with E-state index in [0.29, 0.717) is 49.4 Å². The normalized spacial score (nSPS) is 16.6. The van der Waals surface area contributed by atoms with Crippen LogP contribution in [-0.2, 0) is 0 Å². The molecule has 3 amide bonds. The van der Waals surface area contributed by atoms with Crippen LogP contribution in [0.5, 0.6) is 0 Å². The number of carbonyl (C=O) groups is 3. The van der Waals surface area contributed by atoms with Gasteiger partial charge in [-0.1, -0.05) is 19.9 Å². The van der Waals surface area contributed by atoms with E-state index in [9.17, 15) is 14.4 Å². The van der Waals surface area contributed by atoms with Gasteiger partial charge in [0.1, 0.15) is 5.82 Å². The van der Waals surface area contributed by atoms with Crippen LogP contribution >= 0.6 is 0 Å². The van der Waals surface area contributed by atoms with Crippen LogP contribution in [0.15, 0.2) is 42.6 Å². The Morgan fingerprint density at radius 2 is 1.72 bits per heavy atom. The number of piperazine rings is 1. The molecule has 0 atom stereocenters. The van der Waals surface area contributed by atoms with Crippen molar-refractivity contribution in [3.63, 3.8) is 0 Å². The van der Waals surface area contributed by atoms with Crippen LogP contribution in [0.25, 0.3) is 0 Å². The molecule has 29 heavy (non-hydrogen) atoms. The van der Waals surface area contributed by atoms with Crippen LogP contribution in [0.4, 0.5) is 5.82 Å². The molecule has 0 spiro atoms. The number of amides is 3. The van der Waals surface area contributed by atoms with Crippen molar-refractivity contribution in [2.24, 2.45) is 5.92 Å². The van der Waals surface area contributed by atoms with E-state index in [1.165, 1.54) is 4.90 Å². The highest BCUT2D eigenvalue weighted by Gasteiger charge is 2.36. The summed E-state index contributed by atoms with van der Waals surface area (Å²) in [5.41, 5.74) is 1.16. The summed E-state index contributed by atoms with van der Waals surface area (Å²) in [6.45, 7) is 6.87. The molecule has 0 unspecified atom stereocenters. The predicted molar refractivity (Wildman–Crippen MR) is 109 cm³/mol. The highest BCUT2D eigenvalue weighted by molar-refractivity contribution is 6.22. The van der Waals surface area contributed by atoms with Crippen molar-refractivity contribution in [3.8, 4) is 0 Å². The zero-order valence-electron chi connectivity index (χ0n) is 16.7. The molecule has 0 radical (unpaired) electrons. The van der Waals surface area contributed by atoms with Gasteiger partial charge < -0.3 is 9.80 Å². The molecule has 1 fully saturated rings. The second-order valence-electron chi connectivity index (χ2n) is 7.84. The van der Waals surface area contributed by atoms with Gasteiger partial charge in [0, 0.05) is 44.5 Å². The summed E-state index contributed by atoms with van der Waals surface area (Å²) in [6.07, 6.45) is 1.76. The second-order valence-corrected chi connectivity index (χ2v) is 7.84. The van der Waals surface area contributed by atoms with Crippen molar-refractivity contribution >= 4 is 23.5 Å². The number of hydrogen-bond acceptors (Lipinski definition) is 5. The van der Waals surface area contributed by atoms with Crippen molar-refractivity contribution < 1.29 is 14.4 Å². The van der Waals surface area contributed by atoms with E-state index in [1.54, 1.807) is 29.3 Å². The van der Waals surface area contributed by atoms with E-state index in [1.807, 2.05) is 32.0 Å². The molecule has 1 aromatic carbocycles.